The summed E-state index contributed by atoms with van der Waals surface area (Å²) in [5.74, 6) is -1.29. The Labute approximate surface area is 287 Å². The smallest absolute Gasteiger partial charge is 0.302 e. The van der Waals surface area contributed by atoms with Crippen LogP contribution >= 0.6 is 8.53 Å². The van der Waals surface area contributed by atoms with Gasteiger partial charge in [-0.25, -0.2) is 20.0 Å². The van der Waals surface area contributed by atoms with E-state index < -0.39 is 51.5 Å². The second-order valence-electron chi connectivity index (χ2n) is 12.1. The van der Waals surface area contributed by atoms with Gasteiger partial charge in [-0.3, -0.25) is 19.0 Å². The molecule has 3 heterocycles. The Morgan fingerprint density at radius 3 is 2.08 bits per heavy atom. The van der Waals surface area contributed by atoms with Gasteiger partial charge in [-0.05, 0) is 34.6 Å². The average Bonchev–Trinajstić information content (AvgIpc) is 3.57. The number of fused-ring (bicyclic) bond motifs is 1. The minimum Gasteiger partial charge on any atom is -0.463 e. The van der Waals surface area contributed by atoms with Crippen LogP contribution in [0.5, 0.6) is 0 Å². The fraction of sp³-hybridized carbons (Fsp3) is 0.733. The van der Waals surface area contributed by atoms with Crippen LogP contribution < -0.4 is 5.32 Å². The normalized spacial score (nSPS) is 20.3. The van der Waals surface area contributed by atoms with Crippen LogP contribution in [0.3, 0.4) is 0 Å². The molecule has 2 aromatic rings. The van der Waals surface area contributed by atoms with Crippen molar-refractivity contribution >= 4 is 43.4 Å². The Balaban J connectivity index is 1.99. The minimum atomic E-state index is -2.21. The van der Waals surface area contributed by atoms with E-state index in [1.807, 2.05) is 32.7 Å². The monoisotopic (exact) mass is 715 g/mol. The first-order valence-corrected chi connectivity index (χ1v) is 17.3. The summed E-state index contributed by atoms with van der Waals surface area (Å²) in [6.45, 7) is 14.2. The summed E-state index contributed by atoms with van der Waals surface area (Å²) in [5, 5.41) is 4.77. The molecule has 0 saturated carbocycles. The lowest BCUT2D eigenvalue weighted by atomic mass is 10.1. The third kappa shape index (κ3) is 11.3. The minimum absolute atomic E-state index is 0.0609. The maximum Gasteiger partial charge on any atom is 0.302 e. The first-order chi connectivity index (χ1) is 23.1. The first kappa shape index (κ1) is 40.5. The van der Waals surface area contributed by atoms with Crippen LogP contribution in [0.4, 0.5) is 5.82 Å². The number of hydrazine groups is 1. The molecule has 1 fully saturated rings. The number of imidazole rings is 1. The maximum absolute atomic E-state index is 12.5. The van der Waals surface area contributed by atoms with Crippen molar-refractivity contribution in [1.29, 1.82) is 0 Å². The van der Waals surface area contributed by atoms with Gasteiger partial charge in [0, 0.05) is 38.9 Å². The molecule has 1 aliphatic rings. The number of carbonyl (C=O) groups is 3. The van der Waals surface area contributed by atoms with Crippen LogP contribution in [-0.2, 0) is 47.3 Å². The molecule has 2 N–H and O–H groups in total. The molecule has 0 radical (unpaired) electrons. The predicted molar refractivity (Wildman–Crippen MR) is 176 cm³/mol. The van der Waals surface area contributed by atoms with E-state index in [1.54, 1.807) is 37.2 Å². The number of hydrogen-bond donors (Lipinski definition) is 2. The number of nitrogens with zero attached hydrogens (tertiary/aromatic N) is 6. The van der Waals surface area contributed by atoms with Crippen molar-refractivity contribution in [3.8, 4) is 0 Å². The van der Waals surface area contributed by atoms with E-state index in [0.29, 0.717) is 11.2 Å². The van der Waals surface area contributed by atoms with Gasteiger partial charge >= 0.3 is 11.9 Å². The molecule has 2 aromatic heterocycles. The number of carbonyl (C=O) groups excluding carboxylic acids is 3. The molecule has 0 spiro atoms. The third-order valence-corrected chi connectivity index (χ3v) is 8.36. The van der Waals surface area contributed by atoms with Crippen LogP contribution in [0.1, 0.15) is 68.5 Å². The summed E-state index contributed by atoms with van der Waals surface area (Å²) in [4.78, 5) is 59.6. The molecule has 18 nitrogen and oxygen atoms in total. The molecule has 1 saturated heterocycles. The van der Waals surface area contributed by atoms with Crippen molar-refractivity contribution in [2.45, 2.75) is 105 Å². The molecule has 276 valence electrons. The van der Waals surface area contributed by atoms with Crippen LogP contribution in [-0.4, -0.2) is 122 Å². The van der Waals surface area contributed by atoms with Gasteiger partial charge in [0.15, 0.2) is 23.2 Å². The zero-order valence-corrected chi connectivity index (χ0v) is 30.7. The molecule has 5 atom stereocenters. The van der Waals surface area contributed by atoms with Gasteiger partial charge in [-0.2, -0.15) is 4.78 Å². The van der Waals surface area contributed by atoms with Gasteiger partial charge in [0.25, 0.3) is 15.0 Å². The number of hydrogen-bond acceptors (Lipinski definition) is 16. The summed E-state index contributed by atoms with van der Waals surface area (Å²) >= 11 is 0. The van der Waals surface area contributed by atoms with Gasteiger partial charge in [0.1, 0.15) is 31.7 Å². The van der Waals surface area contributed by atoms with Crippen LogP contribution in [0.15, 0.2) is 12.7 Å². The Bertz CT molecular complexity index is 1350. The fourth-order valence-electron chi connectivity index (χ4n) is 5.15. The second-order valence-corrected chi connectivity index (χ2v) is 13.4. The van der Waals surface area contributed by atoms with Crippen molar-refractivity contribution in [3.05, 3.63) is 12.7 Å². The number of nitrogens with one attached hydrogen (secondary N) is 1. The zero-order chi connectivity index (χ0) is 36.4. The molecule has 0 aromatic carbocycles. The number of amides is 1. The van der Waals surface area contributed by atoms with Crippen LogP contribution in [0.25, 0.3) is 11.2 Å². The molecule has 3 rings (SSSR count). The lowest BCUT2D eigenvalue weighted by Gasteiger charge is -2.40. The predicted octanol–water partition coefficient (Wildman–Crippen LogP) is 2.74. The molecule has 49 heavy (non-hydrogen) atoms. The summed E-state index contributed by atoms with van der Waals surface area (Å²) in [5.41, 5.74) is 0.647. The van der Waals surface area contributed by atoms with E-state index in [-0.39, 0.29) is 56.2 Å². The molecule has 19 heteroatoms. The highest BCUT2D eigenvalue weighted by Gasteiger charge is 2.49. The lowest BCUT2D eigenvalue weighted by Crippen LogP contribution is -2.47. The quantitative estimate of drug-likeness (QED) is 0.0707. The largest absolute Gasteiger partial charge is 0.463 e. The highest BCUT2D eigenvalue weighted by atomic mass is 31.2. The third-order valence-electron chi connectivity index (χ3n) is 7.23. The molecule has 1 unspecified atom stereocenters. The Hall–Kier alpha value is -2.93. The Morgan fingerprint density at radius 1 is 0.959 bits per heavy atom. The highest BCUT2D eigenvalue weighted by Crippen LogP contribution is 2.46. The standard InChI is InChI=1S/C30H50N7O11P/c1-17(2)28(40)34-26-23-27(32-15-31-26)36(16-33-23)29-25(47-30(44-13-11-42-21(8)38)45-14-12-43-22(9)39)24(20(7)46-29)48-49(41)35(10)37(18(3)4)19(5)6/h15-20,24-25,29-30,41H,11-14H2,1-10H3,(H,31,32,34,40)/t20-,24-,25-,29-,49?/m1/s1. The van der Waals surface area contributed by atoms with E-state index in [9.17, 15) is 19.3 Å². The van der Waals surface area contributed by atoms with E-state index in [4.69, 9.17) is 32.9 Å². The molecular weight excluding hydrogens is 665 g/mol. The van der Waals surface area contributed by atoms with Gasteiger partial charge in [0.05, 0.1) is 25.6 Å². The Morgan fingerprint density at radius 2 is 1.55 bits per heavy atom. The number of ether oxygens (including phenoxy) is 6. The molecular formula is C30H50N7O11P. The van der Waals surface area contributed by atoms with Crippen LogP contribution in [0.2, 0.25) is 0 Å². The van der Waals surface area contributed by atoms with Crippen molar-refractivity contribution in [1.82, 2.24) is 29.3 Å². The fourth-order valence-corrected chi connectivity index (χ4v) is 6.39. The van der Waals surface area contributed by atoms with Gasteiger partial charge in [-0.1, -0.05) is 13.8 Å². The van der Waals surface area contributed by atoms with Crippen LogP contribution in [0, 0.1) is 5.92 Å². The SMILES string of the molecule is CC(=O)OCCOC(OCCOC(C)=O)O[C@@H]1[C@H](OP(O)N(C)N(C(C)C)C(C)C)[C@@H](C)O[C@H]1n1cnc2c(NC(=O)C(C)C)ncnc21. The van der Waals surface area contributed by atoms with Crippen molar-refractivity contribution in [2.24, 2.45) is 5.92 Å². The number of esters is 2. The van der Waals surface area contributed by atoms with Gasteiger partial charge < -0.3 is 43.2 Å². The van der Waals surface area contributed by atoms with E-state index in [1.165, 1.54) is 26.5 Å². The molecule has 0 bridgehead atoms. The van der Waals surface area contributed by atoms with Gasteiger partial charge in [-0.15, -0.1) is 0 Å². The lowest BCUT2D eigenvalue weighted by molar-refractivity contribution is -0.320. The second kappa shape index (κ2) is 18.9. The summed E-state index contributed by atoms with van der Waals surface area (Å²) < 4.78 is 43.9. The van der Waals surface area contributed by atoms with Crippen molar-refractivity contribution in [3.63, 3.8) is 0 Å². The van der Waals surface area contributed by atoms with E-state index in [2.05, 4.69) is 20.3 Å². The highest BCUT2D eigenvalue weighted by molar-refractivity contribution is 7.43. The van der Waals surface area contributed by atoms with E-state index in [0.717, 1.165) is 0 Å². The Kier molecular flexibility index (Phi) is 15.6. The zero-order valence-electron chi connectivity index (χ0n) is 29.8. The van der Waals surface area contributed by atoms with Crippen molar-refractivity contribution in [2.75, 3.05) is 38.8 Å². The molecule has 1 amide bonds. The summed E-state index contributed by atoms with van der Waals surface area (Å²) in [6.07, 6.45) is -0.724. The maximum atomic E-state index is 12.5. The van der Waals surface area contributed by atoms with E-state index >= 15 is 0 Å². The summed E-state index contributed by atoms with van der Waals surface area (Å²) in [7, 11) is -0.463. The number of rotatable bonds is 19. The average molecular weight is 716 g/mol. The first-order valence-electron chi connectivity index (χ1n) is 16.1. The summed E-state index contributed by atoms with van der Waals surface area (Å²) in [6, 6.07) is 0.122. The number of aromatic nitrogens is 4. The van der Waals surface area contributed by atoms with Crippen molar-refractivity contribution < 1.29 is 52.2 Å². The topological polar surface area (TPSA) is 198 Å². The molecule has 0 aliphatic carbocycles. The van der Waals surface area contributed by atoms with Gasteiger partial charge in [0.2, 0.25) is 5.91 Å². The number of anilines is 1. The molecule has 1 aliphatic heterocycles.